The maximum Gasteiger partial charge on any atom is 0.416 e. The van der Waals surface area contributed by atoms with Gasteiger partial charge in [0.1, 0.15) is 5.82 Å². The van der Waals surface area contributed by atoms with Crippen LogP contribution in [0.2, 0.25) is 0 Å². The first-order valence-corrected chi connectivity index (χ1v) is 7.51. The Balaban J connectivity index is 1.83. The zero-order valence-electron chi connectivity index (χ0n) is 13.1. The lowest BCUT2D eigenvalue weighted by Crippen LogP contribution is -2.13. The standard InChI is InChI=1S/C18H15F4NO2/c19-14-9-7-12(8-10-14)16(24)5-2-6-17(25)23-15-4-1-3-13(11-15)18(20,21)22/h1,3-4,7-11H,2,5-6H2,(H,23,25). The highest BCUT2D eigenvalue weighted by Gasteiger charge is 2.30. The van der Waals surface area contributed by atoms with E-state index in [2.05, 4.69) is 5.32 Å². The van der Waals surface area contributed by atoms with Gasteiger partial charge in [0.25, 0.3) is 0 Å². The number of alkyl halides is 3. The number of anilines is 1. The highest BCUT2D eigenvalue weighted by molar-refractivity contribution is 5.96. The largest absolute Gasteiger partial charge is 0.416 e. The van der Waals surface area contributed by atoms with E-state index in [4.69, 9.17) is 0 Å². The molecule has 0 saturated heterocycles. The molecule has 7 heteroatoms. The fourth-order valence-corrected chi connectivity index (χ4v) is 2.19. The Morgan fingerprint density at radius 3 is 2.28 bits per heavy atom. The summed E-state index contributed by atoms with van der Waals surface area (Å²) < 4.78 is 50.6. The molecule has 1 N–H and O–H groups in total. The van der Waals surface area contributed by atoms with Crippen molar-refractivity contribution in [1.82, 2.24) is 0 Å². The van der Waals surface area contributed by atoms with E-state index in [9.17, 15) is 27.2 Å². The number of carbonyl (C=O) groups excluding carboxylic acids is 2. The Bertz CT molecular complexity index is 754. The molecule has 0 saturated carbocycles. The van der Waals surface area contributed by atoms with Crippen molar-refractivity contribution in [3.8, 4) is 0 Å². The molecular formula is C18H15F4NO2. The van der Waals surface area contributed by atoms with Gasteiger partial charge in [0, 0.05) is 24.1 Å². The van der Waals surface area contributed by atoms with Crippen LogP contribution in [0, 0.1) is 5.82 Å². The molecule has 0 bridgehead atoms. The molecule has 0 radical (unpaired) electrons. The summed E-state index contributed by atoms with van der Waals surface area (Å²) in [6.45, 7) is 0. The van der Waals surface area contributed by atoms with Crippen LogP contribution in [0.25, 0.3) is 0 Å². The summed E-state index contributed by atoms with van der Waals surface area (Å²) in [5.41, 5.74) is -0.457. The maximum atomic E-state index is 12.8. The average molecular weight is 353 g/mol. The van der Waals surface area contributed by atoms with Gasteiger partial charge >= 0.3 is 6.18 Å². The zero-order chi connectivity index (χ0) is 18.4. The number of Topliss-reactive ketones (excluding diaryl/α,β-unsaturated/α-hetero) is 1. The van der Waals surface area contributed by atoms with Gasteiger partial charge in [0.05, 0.1) is 5.56 Å². The molecular weight excluding hydrogens is 338 g/mol. The fraction of sp³-hybridized carbons (Fsp3) is 0.222. The van der Waals surface area contributed by atoms with Gasteiger partial charge in [-0.15, -0.1) is 0 Å². The maximum absolute atomic E-state index is 12.8. The van der Waals surface area contributed by atoms with Crippen LogP contribution in [0.1, 0.15) is 35.2 Å². The van der Waals surface area contributed by atoms with E-state index in [0.29, 0.717) is 5.56 Å². The lowest BCUT2D eigenvalue weighted by Gasteiger charge is -2.09. The summed E-state index contributed by atoms with van der Waals surface area (Å²) in [6.07, 6.45) is -4.17. The van der Waals surface area contributed by atoms with Gasteiger partial charge < -0.3 is 5.32 Å². The smallest absolute Gasteiger partial charge is 0.326 e. The van der Waals surface area contributed by atoms with Crippen molar-refractivity contribution in [2.75, 3.05) is 5.32 Å². The van der Waals surface area contributed by atoms with Gasteiger partial charge in [-0.05, 0) is 48.9 Å². The Hall–Kier alpha value is -2.70. The molecule has 0 aliphatic rings. The molecule has 2 aromatic rings. The molecule has 0 spiro atoms. The van der Waals surface area contributed by atoms with E-state index < -0.39 is 23.5 Å². The molecule has 1 amide bonds. The number of halogens is 4. The van der Waals surface area contributed by atoms with E-state index >= 15 is 0 Å². The van der Waals surface area contributed by atoms with Gasteiger partial charge in [-0.25, -0.2) is 4.39 Å². The lowest BCUT2D eigenvalue weighted by molar-refractivity contribution is -0.137. The van der Waals surface area contributed by atoms with E-state index in [-0.39, 0.29) is 30.7 Å². The van der Waals surface area contributed by atoms with Crippen LogP contribution in [0.4, 0.5) is 23.2 Å². The lowest BCUT2D eigenvalue weighted by atomic mass is 10.1. The summed E-state index contributed by atoms with van der Waals surface area (Å²) in [6, 6.07) is 9.40. The molecule has 25 heavy (non-hydrogen) atoms. The molecule has 0 aromatic heterocycles. The van der Waals surface area contributed by atoms with E-state index in [1.54, 1.807) is 0 Å². The molecule has 0 fully saturated rings. The molecule has 3 nitrogen and oxygen atoms in total. The first-order valence-electron chi connectivity index (χ1n) is 7.51. The summed E-state index contributed by atoms with van der Waals surface area (Å²) in [5.74, 6) is -1.16. The Morgan fingerprint density at radius 2 is 1.64 bits per heavy atom. The molecule has 2 aromatic carbocycles. The van der Waals surface area contributed by atoms with Gasteiger partial charge in [-0.3, -0.25) is 9.59 Å². The second-order valence-corrected chi connectivity index (χ2v) is 5.41. The number of amides is 1. The second kappa shape index (κ2) is 7.92. The number of hydrogen-bond donors (Lipinski definition) is 1. The number of benzene rings is 2. The molecule has 0 atom stereocenters. The highest BCUT2D eigenvalue weighted by atomic mass is 19.4. The van der Waals surface area contributed by atoms with Crippen molar-refractivity contribution in [3.05, 3.63) is 65.5 Å². The van der Waals surface area contributed by atoms with Crippen molar-refractivity contribution in [1.29, 1.82) is 0 Å². The van der Waals surface area contributed by atoms with Crippen molar-refractivity contribution in [3.63, 3.8) is 0 Å². The molecule has 0 heterocycles. The Morgan fingerprint density at radius 1 is 0.960 bits per heavy atom. The molecule has 0 aliphatic heterocycles. The van der Waals surface area contributed by atoms with Gasteiger partial charge in [0.15, 0.2) is 5.78 Å². The van der Waals surface area contributed by atoms with Crippen molar-refractivity contribution in [2.24, 2.45) is 0 Å². The van der Waals surface area contributed by atoms with Crippen molar-refractivity contribution >= 4 is 17.4 Å². The van der Waals surface area contributed by atoms with Crippen LogP contribution in [0.15, 0.2) is 48.5 Å². The third kappa shape index (κ3) is 5.70. The van der Waals surface area contributed by atoms with Crippen molar-refractivity contribution < 1.29 is 27.2 Å². The van der Waals surface area contributed by atoms with Gasteiger partial charge in [-0.2, -0.15) is 13.2 Å². The average Bonchev–Trinajstić information content (AvgIpc) is 2.55. The summed E-state index contributed by atoms with van der Waals surface area (Å²) >= 11 is 0. The topological polar surface area (TPSA) is 46.2 Å². The first kappa shape index (κ1) is 18.6. The second-order valence-electron chi connectivity index (χ2n) is 5.41. The quantitative estimate of drug-likeness (QED) is 0.597. The van der Waals surface area contributed by atoms with Crippen LogP contribution < -0.4 is 5.32 Å². The third-order valence-corrected chi connectivity index (χ3v) is 3.45. The number of hydrogen-bond acceptors (Lipinski definition) is 2. The zero-order valence-corrected chi connectivity index (χ0v) is 13.1. The fourth-order valence-electron chi connectivity index (χ4n) is 2.19. The number of carbonyl (C=O) groups is 2. The predicted molar refractivity (Wildman–Crippen MR) is 84.7 cm³/mol. The van der Waals surface area contributed by atoms with E-state index in [0.717, 1.165) is 12.1 Å². The normalized spacial score (nSPS) is 11.2. The summed E-state index contributed by atoms with van der Waals surface area (Å²) in [5, 5.41) is 2.38. The van der Waals surface area contributed by atoms with Crippen LogP contribution in [0.5, 0.6) is 0 Å². The monoisotopic (exact) mass is 353 g/mol. The molecule has 132 valence electrons. The van der Waals surface area contributed by atoms with Gasteiger partial charge in [0.2, 0.25) is 5.91 Å². The van der Waals surface area contributed by atoms with Crippen LogP contribution in [0.3, 0.4) is 0 Å². The SMILES string of the molecule is O=C(CCCC(=O)c1ccc(F)cc1)Nc1cccc(C(F)(F)F)c1. The minimum atomic E-state index is -4.48. The molecule has 0 aliphatic carbocycles. The van der Waals surface area contributed by atoms with Crippen molar-refractivity contribution in [2.45, 2.75) is 25.4 Å². The summed E-state index contributed by atoms with van der Waals surface area (Å²) in [7, 11) is 0. The van der Waals surface area contributed by atoms with Gasteiger partial charge in [-0.1, -0.05) is 6.07 Å². The third-order valence-electron chi connectivity index (χ3n) is 3.45. The van der Waals surface area contributed by atoms with E-state index in [1.165, 1.54) is 36.4 Å². The Kier molecular flexibility index (Phi) is 5.90. The first-order chi connectivity index (χ1) is 11.8. The molecule has 2 rings (SSSR count). The summed E-state index contributed by atoms with van der Waals surface area (Å²) in [4.78, 5) is 23.7. The van der Waals surface area contributed by atoms with Crippen LogP contribution in [-0.4, -0.2) is 11.7 Å². The number of ketones is 1. The predicted octanol–water partition coefficient (Wildman–Crippen LogP) is 4.84. The highest BCUT2D eigenvalue weighted by Crippen LogP contribution is 2.30. The van der Waals surface area contributed by atoms with E-state index in [1.807, 2.05) is 0 Å². The Labute approximate surface area is 141 Å². The van der Waals surface area contributed by atoms with Crippen LogP contribution >= 0.6 is 0 Å². The minimum absolute atomic E-state index is 0.0107. The number of rotatable bonds is 6. The minimum Gasteiger partial charge on any atom is -0.326 e. The number of nitrogens with one attached hydrogen (secondary N) is 1. The van der Waals surface area contributed by atoms with Crippen LogP contribution in [-0.2, 0) is 11.0 Å². The molecule has 0 unspecified atom stereocenters.